The van der Waals surface area contributed by atoms with Crippen molar-refractivity contribution in [3.8, 4) is 17.5 Å². The Morgan fingerprint density at radius 1 is 0.902 bits per heavy atom. The predicted molar refractivity (Wildman–Crippen MR) is 195 cm³/mol. The number of rotatable bonds is 12. The molecule has 0 N–H and O–H groups in total. The maximum Gasteiger partial charge on any atom is 0.350 e. The summed E-state index contributed by atoms with van der Waals surface area (Å²) < 4.78 is 16.1. The molecule has 2 aromatic heterocycles. The first-order valence-corrected chi connectivity index (χ1v) is 17.8. The van der Waals surface area contributed by atoms with E-state index < -0.39 is 5.60 Å². The van der Waals surface area contributed by atoms with Crippen LogP contribution in [-0.2, 0) is 16.9 Å². The maximum absolute atomic E-state index is 13.0. The van der Waals surface area contributed by atoms with Crippen LogP contribution in [0, 0.1) is 16.7 Å². The van der Waals surface area contributed by atoms with Gasteiger partial charge >= 0.3 is 5.69 Å². The zero-order valence-corrected chi connectivity index (χ0v) is 29.6. The van der Waals surface area contributed by atoms with Crippen molar-refractivity contribution in [3.63, 3.8) is 0 Å². The van der Waals surface area contributed by atoms with E-state index in [0.717, 1.165) is 68.1 Å². The molecule has 0 amide bonds. The molecule has 12 nitrogen and oxygen atoms in total. The first kappa shape index (κ1) is 34.1. The number of aromatic nitrogens is 6. The lowest BCUT2D eigenvalue weighted by molar-refractivity contribution is -0.0225. The Bertz CT molecular complexity index is 2010. The third-order valence-corrected chi connectivity index (χ3v) is 10.3. The normalized spacial score (nSPS) is 20.5. The standard InChI is InChI=1S/C39H45N9O3/c1-4-32(5-2)48-37(49)46(29-43-48)34-13-11-33(12-14-34)44-19-21-45(22-20-44)36-16-15-35(23-30(36)24-40)50-27-38(3)25-39(51-28-38,26-47-41-17-18-42-47)31-9-7-6-8-10-31/h6-18,23,29,32H,4-5,19-22,25-28H2,1-3H3/t38-,39+/m0/s1. The lowest BCUT2D eigenvalue weighted by atomic mass is 9.79. The molecule has 3 aromatic carbocycles. The highest BCUT2D eigenvalue weighted by atomic mass is 16.5. The minimum absolute atomic E-state index is 0.105. The topological polar surface area (TPSA) is 119 Å². The second-order valence-electron chi connectivity index (χ2n) is 14.0. The molecule has 5 aromatic rings. The molecule has 2 aliphatic heterocycles. The van der Waals surface area contributed by atoms with Gasteiger partial charge in [-0.1, -0.05) is 51.1 Å². The van der Waals surface area contributed by atoms with Gasteiger partial charge in [-0.05, 0) is 67.3 Å². The highest BCUT2D eigenvalue weighted by Crippen LogP contribution is 2.47. The second-order valence-corrected chi connectivity index (χ2v) is 14.0. The number of ether oxygens (including phenoxy) is 2. The minimum atomic E-state index is -0.569. The molecule has 2 fully saturated rings. The third-order valence-electron chi connectivity index (χ3n) is 10.3. The number of hydrogen-bond acceptors (Lipinski definition) is 9. The summed E-state index contributed by atoms with van der Waals surface area (Å²) in [5.74, 6) is 0.672. The molecule has 7 rings (SSSR count). The lowest BCUT2D eigenvalue weighted by Gasteiger charge is -2.37. The van der Waals surface area contributed by atoms with Gasteiger partial charge in [-0.15, -0.1) is 0 Å². The molecule has 2 aliphatic rings. The molecule has 0 unspecified atom stereocenters. The van der Waals surface area contributed by atoms with Crippen LogP contribution in [0.1, 0.15) is 57.2 Å². The molecule has 2 atom stereocenters. The van der Waals surface area contributed by atoms with Crippen LogP contribution >= 0.6 is 0 Å². The number of nitrogens with zero attached hydrogens (tertiary/aromatic N) is 9. The van der Waals surface area contributed by atoms with Gasteiger partial charge in [0, 0.05) is 37.3 Å². The van der Waals surface area contributed by atoms with Gasteiger partial charge in [-0.25, -0.2) is 14.0 Å². The fourth-order valence-corrected chi connectivity index (χ4v) is 7.51. The van der Waals surface area contributed by atoms with E-state index in [0.29, 0.717) is 31.1 Å². The fourth-order valence-electron chi connectivity index (χ4n) is 7.51. The summed E-state index contributed by atoms with van der Waals surface area (Å²) in [5.41, 5.74) is 3.58. The Hall–Kier alpha value is -5.41. The molecular formula is C39H45N9O3. The van der Waals surface area contributed by atoms with Gasteiger partial charge in [0.1, 0.15) is 23.7 Å². The Labute approximate surface area is 298 Å². The monoisotopic (exact) mass is 687 g/mol. The molecule has 0 spiro atoms. The van der Waals surface area contributed by atoms with Gasteiger partial charge in [-0.2, -0.15) is 25.4 Å². The van der Waals surface area contributed by atoms with E-state index >= 15 is 0 Å². The molecule has 2 saturated heterocycles. The van der Waals surface area contributed by atoms with Crippen molar-refractivity contribution >= 4 is 11.4 Å². The van der Waals surface area contributed by atoms with Crippen molar-refractivity contribution < 1.29 is 9.47 Å². The van der Waals surface area contributed by atoms with E-state index in [9.17, 15) is 10.1 Å². The minimum Gasteiger partial charge on any atom is -0.493 e. The van der Waals surface area contributed by atoms with Crippen molar-refractivity contribution in [2.45, 2.75) is 58.2 Å². The molecule has 0 bridgehead atoms. The van der Waals surface area contributed by atoms with Crippen molar-refractivity contribution in [1.82, 2.24) is 29.3 Å². The van der Waals surface area contributed by atoms with Gasteiger partial charge < -0.3 is 19.3 Å². The fraction of sp³-hybridized carbons (Fsp3) is 0.410. The lowest BCUT2D eigenvalue weighted by Crippen LogP contribution is -2.46. The highest BCUT2D eigenvalue weighted by molar-refractivity contribution is 5.63. The van der Waals surface area contributed by atoms with Crippen LogP contribution in [0.4, 0.5) is 11.4 Å². The molecular weight excluding hydrogens is 642 g/mol. The number of piperazine rings is 1. The van der Waals surface area contributed by atoms with Gasteiger partial charge in [-0.3, -0.25) is 0 Å². The average molecular weight is 688 g/mol. The van der Waals surface area contributed by atoms with E-state index in [1.54, 1.807) is 32.8 Å². The van der Waals surface area contributed by atoms with Crippen molar-refractivity contribution in [2.24, 2.45) is 5.41 Å². The summed E-state index contributed by atoms with van der Waals surface area (Å²) in [6, 6.07) is 26.7. The molecule has 51 heavy (non-hydrogen) atoms. The molecule has 0 aliphatic carbocycles. The Morgan fingerprint density at radius 3 is 2.27 bits per heavy atom. The van der Waals surface area contributed by atoms with E-state index in [1.165, 1.54) is 0 Å². The molecule has 0 saturated carbocycles. The average Bonchev–Trinajstić information content (AvgIpc) is 3.92. The number of nitriles is 1. The van der Waals surface area contributed by atoms with Gasteiger partial charge in [0.25, 0.3) is 0 Å². The number of benzene rings is 3. The van der Waals surface area contributed by atoms with Crippen molar-refractivity contribution in [2.75, 3.05) is 49.2 Å². The van der Waals surface area contributed by atoms with Crippen LogP contribution in [0.25, 0.3) is 5.69 Å². The van der Waals surface area contributed by atoms with Gasteiger partial charge in [0.05, 0.1) is 55.1 Å². The molecule has 12 heteroatoms. The summed E-state index contributed by atoms with van der Waals surface area (Å²) >= 11 is 0. The first-order valence-electron chi connectivity index (χ1n) is 17.8. The van der Waals surface area contributed by atoms with Gasteiger partial charge in [0.2, 0.25) is 0 Å². The molecule has 264 valence electrons. The smallest absolute Gasteiger partial charge is 0.350 e. The predicted octanol–water partition coefficient (Wildman–Crippen LogP) is 5.59. The van der Waals surface area contributed by atoms with Crippen LogP contribution in [0.2, 0.25) is 0 Å². The Balaban J connectivity index is 0.971. The third kappa shape index (κ3) is 6.99. The van der Waals surface area contributed by atoms with Crippen molar-refractivity contribution in [1.29, 1.82) is 5.26 Å². The first-order chi connectivity index (χ1) is 24.8. The molecule has 0 radical (unpaired) electrons. The summed E-state index contributed by atoms with van der Waals surface area (Å²) in [6.07, 6.45) is 7.45. The van der Waals surface area contributed by atoms with Crippen LogP contribution < -0.4 is 20.2 Å². The number of anilines is 2. The molecule has 4 heterocycles. The SMILES string of the molecule is CCC(CC)n1ncn(-c2ccc(N3CCN(c4ccc(OC[C@@]5(C)CO[C@](Cn6nccn6)(c6ccccc6)C5)cc4C#N)CC3)cc2)c1=O. The quantitative estimate of drug-likeness (QED) is 0.166. The number of hydrogen-bond donors (Lipinski definition) is 0. The van der Waals surface area contributed by atoms with Crippen LogP contribution in [0.15, 0.2) is 96.3 Å². The summed E-state index contributed by atoms with van der Waals surface area (Å²) in [6.45, 7) is 11.0. The summed E-state index contributed by atoms with van der Waals surface area (Å²) in [7, 11) is 0. The summed E-state index contributed by atoms with van der Waals surface area (Å²) in [5, 5.41) is 23.2. The Morgan fingerprint density at radius 2 is 1.59 bits per heavy atom. The van der Waals surface area contributed by atoms with E-state index in [4.69, 9.17) is 9.47 Å². The maximum atomic E-state index is 13.0. The van der Waals surface area contributed by atoms with Gasteiger partial charge in [0.15, 0.2) is 0 Å². The second kappa shape index (κ2) is 14.4. The van der Waals surface area contributed by atoms with E-state index in [2.05, 4.69) is 76.2 Å². The van der Waals surface area contributed by atoms with E-state index in [1.807, 2.05) is 48.5 Å². The zero-order valence-electron chi connectivity index (χ0n) is 29.6. The summed E-state index contributed by atoms with van der Waals surface area (Å²) in [4.78, 5) is 19.3. The van der Waals surface area contributed by atoms with Crippen LogP contribution in [0.5, 0.6) is 5.75 Å². The zero-order chi connectivity index (χ0) is 35.4. The largest absolute Gasteiger partial charge is 0.493 e. The van der Waals surface area contributed by atoms with Crippen LogP contribution in [-0.4, -0.2) is 68.7 Å². The van der Waals surface area contributed by atoms with E-state index in [-0.39, 0.29) is 17.1 Å². The highest BCUT2D eigenvalue weighted by Gasteiger charge is 2.49. The Kier molecular flexibility index (Phi) is 9.65. The van der Waals surface area contributed by atoms with Crippen LogP contribution in [0.3, 0.4) is 0 Å². The van der Waals surface area contributed by atoms with Crippen molar-refractivity contribution in [3.05, 3.63) is 113 Å².